The third-order valence-electron chi connectivity index (χ3n) is 1.66. The highest BCUT2D eigenvalue weighted by atomic mass is 19.1. The van der Waals surface area contributed by atoms with E-state index in [1.165, 1.54) is 18.2 Å². The number of aryl methyl sites for hydroxylation is 1. The highest BCUT2D eigenvalue weighted by molar-refractivity contribution is 5.56. The monoisotopic (exact) mass is 184 g/mol. The van der Waals surface area contributed by atoms with Gasteiger partial charge in [0, 0.05) is 0 Å². The number of hydrogen-bond donors (Lipinski definition) is 1. The van der Waals surface area contributed by atoms with E-state index in [0.717, 1.165) is 0 Å². The molecule has 0 fully saturated rings. The minimum absolute atomic E-state index is 0.0402. The quantitative estimate of drug-likeness (QED) is 0.717. The van der Waals surface area contributed by atoms with Crippen molar-refractivity contribution in [1.82, 2.24) is 0 Å². The Labute approximate surface area is 74.8 Å². The minimum Gasteiger partial charge on any atom is -0.450 e. The van der Waals surface area contributed by atoms with Crippen molar-refractivity contribution < 1.29 is 19.0 Å². The van der Waals surface area contributed by atoms with E-state index < -0.39 is 6.16 Å². The molecule has 0 spiro atoms. The van der Waals surface area contributed by atoms with Crippen LogP contribution in [0.5, 0.6) is 0 Å². The molecule has 0 aliphatic heterocycles. The van der Waals surface area contributed by atoms with E-state index in [0.29, 0.717) is 11.1 Å². The van der Waals surface area contributed by atoms with Gasteiger partial charge < -0.3 is 9.84 Å². The molecule has 0 aromatic heterocycles. The van der Waals surface area contributed by atoms with Crippen LogP contribution in [-0.4, -0.2) is 11.3 Å². The largest absolute Gasteiger partial charge is 0.506 e. The topological polar surface area (TPSA) is 46.5 Å². The molecule has 3 nitrogen and oxygen atoms in total. The van der Waals surface area contributed by atoms with Crippen molar-refractivity contribution in [3.63, 3.8) is 0 Å². The van der Waals surface area contributed by atoms with Gasteiger partial charge in [-0.1, -0.05) is 6.07 Å². The van der Waals surface area contributed by atoms with Gasteiger partial charge in [-0.3, -0.25) is 0 Å². The number of ether oxygens (including phenoxy) is 1. The zero-order valence-electron chi connectivity index (χ0n) is 7.08. The average Bonchev–Trinajstić information content (AvgIpc) is 2.02. The first kappa shape index (κ1) is 9.51. The second-order valence-corrected chi connectivity index (χ2v) is 2.63. The summed E-state index contributed by atoms with van der Waals surface area (Å²) < 4.78 is 16.9. The number of rotatable bonds is 2. The van der Waals surface area contributed by atoms with Crippen molar-refractivity contribution in [1.29, 1.82) is 0 Å². The summed E-state index contributed by atoms with van der Waals surface area (Å²) in [4.78, 5) is 10.1. The van der Waals surface area contributed by atoms with Gasteiger partial charge in [-0.05, 0) is 30.2 Å². The second kappa shape index (κ2) is 3.89. The number of hydrogen-bond acceptors (Lipinski definition) is 2. The summed E-state index contributed by atoms with van der Waals surface area (Å²) in [6.07, 6.45) is -1.33. The van der Waals surface area contributed by atoms with E-state index >= 15 is 0 Å². The van der Waals surface area contributed by atoms with E-state index in [1.54, 1.807) is 6.92 Å². The third-order valence-corrected chi connectivity index (χ3v) is 1.66. The molecule has 0 saturated carbocycles. The first-order valence-electron chi connectivity index (χ1n) is 3.70. The standard InChI is InChI=1S/C9H9FO3/c1-6-4-8(10)3-2-7(6)5-13-9(11)12/h2-4H,5H2,1H3,(H,11,12). The molecular formula is C9H9FO3. The molecule has 0 heterocycles. The van der Waals surface area contributed by atoms with Crippen molar-refractivity contribution in [2.24, 2.45) is 0 Å². The fourth-order valence-corrected chi connectivity index (χ4v) is 0.961. The first-order chi connectivity index (χ1) is 6.09. The molecule has 0 bridgehead atoms. The highest BCUT2D eigenvalue weighted by Crippen LogP contribution is 2.10. The van der Waals surface area contributed by atoms with Crippen LogP contribution >= 0.6 is 0 Å². The van der Waals surface area contributed by atoms with E-state index in [1.807, 2.05) is 0 Å². The zero-order chi connectivity index (χ0) is 9.84. The number of carboxylic acid groups (broad SMARTS) is 1. The molecular weight excluding hydrogens is 175 g/mol. The van der Waals surface area contributed by atoms with E-state index in [4.69, 9.17) is 5.11 Å². The summed E-state index contributed by atoms with van der Waals surface area (Å²) in [5.41, 5.74) is 1.35. The van der Waals surface area contributed by atoms with Crippen LogP contribution in [0.4, 0.5) is 9.18 Å². The van der Waals surface area contributed by atoms with E-state index in [-0.39, 0.29) is 12.4 Å². The Hall–Kier alpha value is -1.58. The summed E-state index contributed by atoms with van der Waals surface area (Å²) >= 11 is 0. The normalized spacial score (nSPS) is 9.69. The summed E-state index contributed by atoms with van der Waals surface area (Å²) in [6.45, 7) is 1.66. The SMILES string of the molecule is Cc1cc(F)ccc1COC(=O)O. The lowest BCUT2D eigenvalue weighted by molar-refractivity contribution is 0.0852. The lowest BCUT2D eigenvalue weighted by atomic mass is 10.1. The fourth-order valence-electron chi connectivity index (χ4n) is 0.961. The maximum absolute atomic E-state index is 12.6. The van der Waals surface area contributed by atoms with Gasteiger partial charge in [-0.25, -0.2) is 9.18 Å². The molecule has 1 aromatic rings. The lowest BCUT2D eigenvalue weighted by Gasteiger charge is -2.04. The third kappa shape index (κ3) is 2.74. The molecule has 1 aromatic carbocycles. The lowest BCUT2D eigenvalue weighted by Crippen LogP contribution is -2.01. The predicted octanol–water partition coefficient (Wildman–Crippen LogP) is 2.33. The maximum atomic E-state index is 12.6. The number of halogens is 1. The molecule has 1 rings (SSSR count). The van der Waals surface area contributed by atoms with Crippen LogP contribution in [0.1, 0.15) is 11.1 Å². The van der Waals surface area contributed by atoms with Crippen LogP contribution in [0.2, 0.25) is 0 Å². The summed E-state index contributed by atoms with van der Waals surface area (Å²) in [7, 11) is 0. The van der Waals surface area contributed by atoms with Crippen molar-refractivity contribution in [2.75, 3.05) is 0 Å². The summed E-state index contributed by atoms with van der Waals surface area (Å²) in [5.74, 6) is -0.337. The van der Waals surface area contributed by atoms with Gasteiger partial charge in [0.2, 0.25) is 0 Å². The highest BCUT2D eigenvalue weighted by Gasteiger charge is 2.02. The number of carbonyl (C=O) groups is 1. The Morgan fingerprint density at radius 3 is 2.85 bits per heavy atom. The maximum Gasteiger partial charge on any atom is 0.506 e. The average molecular weight is 184 g/mol. The van der Waals surface area contributed by atoms with Gasteiger partial charge in [0.1, 0.15) is 12.4 Å². The fraction of sp³-hybridized carbons (Fsp3) is 0.222. The smallest absolute Gasteiger partial charge is 0.450 e. The molecule has 0 aliphatic carbocycles. The second-order valence-electron chi connectivity index (χ2n) is 2.63. The van der Waals surface area contributed by atoms with Gasteiger partial charge in [-0.2, -0.15) is 0 Å². The van der Waals surface area contributed by atoms with Gasteiger partial charge in [0.15, 0.2) is 0 Å². The van der Waals surface area contributed by atoms with Crippen molar-refractivity contribution in [3.8, 4) is 0 Å². The molecule has 0 radical (unpaired) electrons. The number of benzene rings is 1. The van der Waals surface area contributed by atoms with Gasteiger partial charge in [0.25, 0.3) is 0 Å². The Balaban J connectivity index is 2.72. The van der Waals surface area contributed by atoms with Crippen molar-refractivity contribution in [3.05, 3.63) is 35.1 Å². The predicted molar refractivity (Wildman–Crippen MR) is 44.0 cm³/mol. The van der Waals surface area contributed by atoms with Crippen molar-refractivity contribution >= 4 is 6.16 Å². The molecule has 70 valence electrons. The van der Waals surface area contributed by atoms with Crippen LogP contribution < -0.4 is 0 Å². The summed E-state index contributed by atoms with van der Waals surface area (Å²) in [5, 5.41) is 8.22. The van der Waals surface area contributed by atoms with Crippen LogP contribution in [0.15, 0.2) is 18.2 Å². The minimum atomic E-state index is -1.33. The Kier molecular flexibility index (Phi) is 2.84. The Morgan fingerprint density at radius 2 is 2.31 bits per heavy atom. The molecule has 0 saturated heterocycles. The Bertz CT molecular complexity index is 323. The van der Waals surface area contributed by atoms with E-state index in [9.17, 15) is 9.18 Å². The molecule has 4 heteroatoms. The van der Waals surface area contributed by atoms with Gasteiger partial charge >= 0.3 is 6.16 Å². The molecule has 0 unspecified atom stereocenters. The molecule has 13 heavy (non-hydrogen) atoms. The van der Waals surface area contributed by atoms with Crippen LogP contribution in [0, 0.1) is 12.7 Å². The van der Waals surface area contributed by atoms with Crippen LogP contribution in [0.3, 0.4) is 0 Å². The van der Waals surface area contributed by atoms with Gasteiger partial charge in [-0.15, -0.1) is 0 Å². The zero-order valence-corrected chi connectivity index (χ0v) is 7.08. The van der Waals surface area contributed by atoms with Crippen LogP contribution in [-0.2, 0) is 11.3 Å². The van der Waals surface area contributed by atoms with Crippen molar-refractivity contribution in [2.45, 2.75) is 13.5 Å². The summed E-state index contributed by atoms with van der Waals surface area (Å²) in [6, 6.07) is 4.11. The Morgan fingerprint density at radius 1 is 1.62 bits per heavy atom. The molecule has 0 aliphatic rings. The first-order valence-corrected chi connectivity index (χ1v) is 3.70. The van der Waals surface area contributed by atoms with Crippen LogP contribution in [0.25, 0.3) is 0 Å². The molecule has 1 N–H and O–H groups in total. The molecule has 0 amide bonds. The molecule has 0 atom stereocenters. The van der Waals surface area contributed by atoms with Gasteiger partial charge in [0.05, 0.1) is 0 Å². The van der Waals surface area contributed by atoms with E-state index in [2.05, 4.69) is 4.74 Å².